The monoisotopic (exact) mass is 470 g/mol. The summed E-state index contributed by atoms with van der Waals surface area (Å²) in [7, 11) is 2.13. The molecule has 0 aliphatic carbocycles. The molecule has 2 aromatic rings. The Bertz CT molecular complexity index is 1040. The standard InChI is InChI=1S/C21H23ClO8S/c1-26-15-10-18(28-3)16(19(11-15)29-4)7-8-31(24,25)13-14-5-6-17(27-2)20(9-14)30-21(23)12-22/h5-11H,12-13H2,1-4H3. The first-order valence-corrected chi connectivity index (χ1v) is 11.2. The molecule has 31 heavy (non-hydrogen) atoms. The minimum atomic E-state index is -3.70. The van der Waals surface area contributed by atoms with Crippen LogP contribution in [0.5, 0.6) is 28.7 Å². The molecule has 0 bridgehead atoms. The summed E-state index contributed by atoms with van der Waals surface area (Å²) >= 11 is 5.46. The molecule has 0 aliphatic heterocycles. The van der Waals surface area contributed by atoms with Crippen molar-refractivity contribution in [3.05, 3.63) is 46.9 Å². The van der Waals surface area contributed by atoms with Crippen molar-refractivity contribution in [3.8, 4) is 28.7 Å². The van der Waals surface area contributed by atoms with Crippen LogP contribution >= 0.6 is 11.6 Å². The molecule has 168 valence electrons. The van der Waals surface area contributed by atoms with Crippen molar-refractivity contribution in [2.45, 2.75) is 5.75 Å². The third-order valence-corrected chi connectivity index (χ3v) is 5.63. The Hall–Kier alpha value is -2.91. The summed E-state index contributed by atoms with van der Waals surface area (Å²) in [5, 5.41) is 1.06. The number of carbonyl (C=O) groups excluding carboxylic acids is 1. The molecule has 0 saturated heterocycles. The van der Waals surface area contributed by atoms with E-state index < -0.39 is 15.8 Å². The highest BCUT2D eigenvalue weighted by molar-refractivity contribution is 7.93. The fourth-order valence-corrected chi connectivity index (χ4v) is 3.83. The predicted octanol–water partition coefficient (Wildman–Crippen LogP) is 3.45. The van der Waals surface area contributed by atoms with Crippen LogP contribution in [-0.4, -0.2) is 48.7 Å². The zero-order chi connectivity index (χ0) is 23.0. The summed E-state index contributed by atoms with van der Waals surface area (Å²) in [6.45, 7) is 0. The Morgan fingerprint density at radius 2 is 1.52 bits per heavy atom. The Labute approximate surface area is 186 Å². The number of ether oxygens (including phenoxy) is 5. The van der Waals surface area contributed by atoms with Crippen LogP contribution in [0.4, 0.5) is 0 Å². The summed E-state index contributed by atoms with van der Waals surface area (Å²) in [6.07, 6.45) is 1.39. The van der Waals surface area contributed by atoms with E-state index in [1.54, 1.807) is 18.2 Å². The van der Waals surface area contributed by atoms with E-state index in [0.29, 0.717) is 28.4 Å². The van der Waals surface area contributed by atoms with E-state index in [-0.39, 0.29) is 23.1 Å². The van der Waals surface area contributed by atoms with Gasteiger partial charge in [0.05, 0.1) is 39.8 Å². The molecule has 0 radical (unpaired) electrons. The van der Waals surface area contributed by atoms with Crippen LogP contribution in [0.15, 0.2) is 35.7 Å². The van der Waals surface area contributed by atoms with Crippen LogP contribution in [0.3, 0.4) is 0 Å². The molecule has 8 nitrogen and oxygen atoms in total. The highest BCUT2D eigenvalue weighted by Crippen LogP contribution is 2.35. The van der Waals surface area contributed by atoms with E-state index in [2.05, 4.69) is 0 Å². The average Bonchev–Trinajstić information content (AvgIpc) is 2.76. The molecule has 10 heteroatoms. The normalized spacial score (nSPS) is 11.3. The molecule has 0 N–H and O–H groups in total. The lowest BCUT2D eigenvalue weighted by molar-refractivity contribution is -0.131. The molecule has 0 saturated carbocycles. The van der Waals surface area contributed by atoms with Crippen molar-refractivity contribution in [3.63, 3.8) is 0 Å². The average molecular weight is 471 g/mol. The Morgan fingerprint density at radius 3 is 2.03 bits per heavy atom. The highest BCUT2D eigenvalue weighted by Gasteiger charge is 2.16. The molecule has 2 rings (SSSR count). The van der Waals surface area contributed by atoms with Gasteiger partial charge in [-0.15, -0.1) is 11.6 Å². The topological polar surface area (TPSA) is 97.4 Å². The first-order chi connectivity index (χ1) is 14.8. The molecule has 0 atom stereocenters. The smallest absolute Gasteiger partial charge is 0.326 e. The third kappa shape index (κ3) is 6.53. The van der Waals surface area contributed by atoms with Gasteiger partial charge in [0.2, 0.25) is 0 Å². The number of alkyl halides is 1. The van der Waals surface area contributed by atoms with Crippen LogP contribution in [0.25, 0.3) is 6.08 Å². The molecular formula is C21H23ClO8S. The van der Waals surface area contributed by atoms with Crippen molar-refractivity contribution in [2.24, 2.45) is 0 Å². The maximum absolute atomic E-state index is 12.7. The van der Waals surface area contributed by atoms with Gasteiger partial charge in [-0.2, -0.15) is 0 Å². The van der Waals surface area contributed by atoms with Gasteiger partial charge < -0.3 is 23.7 Å². The number of esters is 1. The van der Waals surface area contributed by atoms with Crippen LogP contribution in [0.2, 0.25) is 0 Å². The Morgan fingerprint density at radius 1 is 0.903 bits per heavy atom. The van der Waals surface area contributed by atoms with Gasteiger partial charge in [-0.3, -0.25) is 4.79 Å². The van der Waals surface area contributed by atoms with Crippen LogP contribution in [0, 0.1) is 0 Å². The molecule has 2 aromatic carbocycles. The summed E-state index contributed by atoms with van der Waals surface area (Å²) in [4.78, 5) is 11.5. The number of methoxy groups -OCH3 is 4. The lowest BCUT2D eigenvalue weighted by Gasteiger charge is -2.12. The van der Waals surface area contributed by atoms with Gasteiger partial charge in [0, 0.05) is 17.5 Å². The first kappa shape index (κ1) is 24.4. The second-order valence-corrected chi connectivity index (χ2v) is 8.30. The van der Waals surface area contributed by atoms with Gasteiger partial charge in [-0.25, -0.2) is 8.42 Å². The fraction of sp³-hybridized carbons (Fsp3) is 0.286. The minimum absolute atomic E-state index is 0.0864. The first-order valence-electron chi connectivity index (χ1n) is 8.91. The summed E-state index contributed by atoms with van der Waals surface area (Å²) in [5.41, 5.74) is 0.845. The SMILES string of the molecule is COc1cc(OC)c(C=CS(=O)(=O)Cc2ccc(OC)c(OC(=O)CCl)c2)c(OC)c1. The van der Waals surface area contributed by atoms with E-state index in [4.69, 9.17) is 35.3 Å². The van der Waals surface area contributed by atoms with Gasteiger partial charge >= 0.3 is 5.97 Å². The van der Waals surface area contributed by atoms with Crippen LogP contribution < -0.4 is 23.7 Å². The van der Waals surface area contributed by atoms with Gasteiger partial charge in [-0.1, -0.05) is 6.07 Å². The minimum Gasteiger partial charge on any atom is -0.496 e. The Kier molecular flexibility index (Phi) is 8.58. The van der Waals surface area contributed by atoms with Crippen molar-refractivity contribution in [1.29, 1.82) is 0 Å². The number of rotatable bonds is 10. The quantitative estimate of drug-likeness (QED) is 0.296. The molecule has 0 fully saturated rings. The summed E-state index contributed by atoms with van der Waals surface area (Å²) in [5.74, 6) is 0.292. The summed E-state index contributed by atoms with van der Waals surface area (Å²) < 4.78 is 51.4. The maximum Gasteiger partial charge on any atom is 0.326 e. The zero-order valence-electron chi connectivity index (χ0n) is 17.5. The van der Waals surface area contributed by atoms with Crippen molar-refractivity contribution >= 4 is 33.5 Å². The van der Waals surface area contributed by atoms with Crippen molar-refractivity contribution in [2.75, 3.05) is 34.3 Å². The van der Waals surface area contributed by atoms with Gasteiger partial charge in [-0.05, 0) is 23.8 Å². The zero-order valence-corrected chi connectivity index (χ0v) is 19.1. The van der Waals surface area contributed by atoms with E-state index >= 15 is 0 Å². The lowest BCUT2D eigenvalue weighted by atomic mass is 10.1. The third-order valence-electron chi connectivity index (χ3n) is 4.12. The van der Waals surface area contributed by atoms with Crippen LogP contribution in [0.1, 0.15) is 11.1 Å². The number of hydrogen-bond donors (Lipinski definition) is 0. The second kappa shape index (κ2) is 10.9. The van der Waals surface area contributed by atoms with Gasteiger partial charge in [0.15, 0.2) is 21.3 Å². The lowest BCUT2D eigenvalue weighted by Crippen LogP contribution is -2.10. The second-order valence-electron chi connectivity index (χ2n) is 6.15. The fourth-order valence-electron chi connectivity index (χ4n) is 2.69. The number of benzene rings is 2. The molecule has 0 aromatic heterocycles. The van der Waals surface area contributed by atoms with Gasteiger partial charge in [0.1, 0.15) is 23.1 Å². The number of carbonyl (C=O) groups is 1. The molecule has 0 amide bonds. The van der Waals surface area contributed by atoms with E-state index in [1.165, 1.54) is 46.6 Å². The highest BCUT2D eigenvalue weighted by atomic mass is 35.5. The Balaban J connectivity index is 2.33. The van der Waals surface area contributed by atoms with Crippen molar-refractivity contribution in [1.82, 2.24) is 0 Å². The molecule has 0 spiro atoms. The molecule has 0 heterocycles. The predicted molar refractivity (Wildman–Crippen MR) is 117 cm³/mol. The number of hydrogen-bond acceptors (Lipinski definition) is 8. The molecular weight excluding hydrogens is 448 g/mol. The molecule has 0 aliphatic rings. The van der Waals surface area contributed by atoms with E-state index in [0.717, 1.165) is 5.41 Å². The largest absolute Gasteiger partial charge is 0.496 e. The number of halogens is 1. The number of sulfone groups is 1. The summed E-state index contributed by atoms with van der Waals surface area (Å²) in [6, 6.07) is 7.74. The maximum atomic E-state index is 12.7. The van der Waals surface area contributed by atoms with Gasteiger partial charge in [0.25, 0.3) is 0 Å². The van der Waals surface area contributed by atoms with Crippen LogP contribution in [-0.2, 0) is 20.4 Å². The van der Waals surface area contributed by atoms with Crippen molar-refractivity contribution < 1.29 is 36.9 Å². The van der Waals surface area contributed by atoms with E-state index in [9.17, 15) is 13.2 Å². The molecule has 0 unspecified atom stereocenters. The van der Waals surface area contributed by atoms with E-state index in [1.807, 2.05) is 0 Å².